The highest BCUT2D eigenvalue weighted by atomic mass is 32.1. The van der Waals surface area contributed by atoms with Crippen LogP contribution in [-0.2, 0) is 12.8 Å². The van der Waals surface area contributed by atoms with E-state index in [1.807, 2.05) is 11.3 Å². The second-order valence-corrected chi connectivity index (χ2v) is 6.97. The molecule has 0 aliphatic heterocycles. The van der Waals surface area contributed by atoms with Gasteiger partial charge in [-0.1, -0.05) is 32.1 Å². The van der Waals surface area contributed by atoms with E-state index < -0.39 is 0 Å². The first-order valence-electron chi connectivity index (χ1n) is 7.52. The van der Waals surface area contributed by atoms with E-state index in [-0.39, 0.29) is 0 Å². The average molecular weight is 264 g/mol. The molecule has 2 aliphatic rings. The molecule has 1 unspecified atom stereocenters. The molecule has 100 valence electrons. The molecule has 0 spiro atoms. The Morgan fingerprint density at radius 2 is 2.06 bits per heavy atom. The molecule has 0 radical (unpaired) electrons. The number of thiazole rings is 1. The van der Waals surface area contributed by atoms with Gasteiger partial charge in [0.1, 0.15) is 5.01 Å². The van der Waals surface area contributed by atoms with E-state index >= 15 is 0 Å². The van der Waals surface area contributed by atoms with Gasteiger partial charge in [0, 0.05) is 4.88 Å². The van der Waals surface area contributed by atoms with Crippen molar-refractivity contribution in [1.29, 1.82) is 0 Å². The van der Waals surface area contributed by atoms with Crippen molar-refractivity contribution in [2.45, 2.75) is 63.8 Å². The third-order valence-corrected chi connectivity index (χ3v) is 5.82. The Hall–Kier alpha value is -0.410. The molecule has 2 aliphatic carbocycles. The van der Waals surface area contributed by atoms with E-state index in [1.54, 1.807) is 4.88 Å². The van der Waals surface area contributed by atoms with Gasteiger partial charge in [0.05, 0.1) is 11.7 Å². The first-order valence-corrected chi connectivity index (χ1v) is 8.34. The number of hydrogen-bond donors (Lipinski definition) is 1. The van der Waals surface area contributed by atoms with Crippen LogP contribution in [0.3, 0.4) is 0 Å². The predicted molar refractivity (Wildman–Crippen MR) is 77.1 cm³/mol. The zero-order chi connectivity index (χ0) is 12.4. The van der Waals surface area contributed by atoms with Crippen molar-refractivity contribution in [3.8, 4) is 0 Å². The zero-order valence-corrected chi connectivity index (χ0v) is 12.2. The van der Waals surface area contributed by atoms with Crippen molar-refractivity contribution in [2.24, 2.45) is 5.92 Å². The Morgan fingerprint density at radius 1 is 1.22 bits per heavy atom. The van der Waals surface area contributed by atoms with Gasteiger partial charge in [-0.3, -0.25) is 0 Å². The molecule has 0 bridgehead atoms. The Morgan fingerprint density at radius 3 is 2.78 bits per heavy atom. The van der Waals surface area contributed by atoms with Gasteiger partial charge in [-0.15, -0.1) is 11.3 Å². The lowest BCUT2D eigenvalue weighted by Crippen LogP contribution is -2.21. The van der Waals surface area contributed by atoms with E-state index in [4.69, 9.17) is 4.98 Å². The van der Waals surface area contributed by atoms with Crippen molar-refractivity contribution in [2.75, 3.05) is 7.05 Å². The highest BCUT2D eigenvalue weighted by Crippen LogP contribution is 2.35. The van der Waals surface area contributed by atoms with Crippen LogP contribution in [0, 0.1) is 5.92 Å². The van der Waals surface area contributed by atoms with E-state index in [2.05, 4.69) is 12.4 Å². The number of aromatic nitrogens is 1. The monoisotopic (exact) mass is 264 g/mol. The summed E-state index contributed by atoms with van der Waals surface area (Å²) in [4.78, 5) is 6.45. The van der Waals surface area contributed by atoms with Crippen molar-refractivity contribution >= 4 is 11.3 Å². The second kappa shape index (κ2) is 5.70. The minimum absolute atomic E-state index is 0.503. The van der Waals surface area contributed by atoms with Crippen molar-refractivity contribution < 1.29 is 0 Å². The van der Waals surface area contributed by atoms with Crippen LogP contribution in [0.25, 0.3) is 0 Å². The van der Waals surface area contributed by atoms with E-state index in [9.17, 15) is 0 Å². The average Bonchev–Trinajstić information content (AvgIpc) is 2.98. The summed E-state index contributed by atoms with van der Waals surface area (Å²) in [6, 6.07) is 0.503. The van der Waals surface area contributed by atoms with Crippen LogP contribution in [0.2, 0.25) is 0 Å². The molecule has 18 heavy (non-hydrogen) atoms. The summed E-state index contributed by atoms with van der Waals surface area (Å²) >= 11 is 1.97. The molecule has 0 aromatic carbocycles. The largest absolute Gasteiger partial charge is 0.311 e. The molecule has 1 heterocycles. The smallest absolute Gasteiger partial charge is 0.110 e. The third kappa shape index (κ3) is 2.62. The van der Waals surface area contributed by atoms with Gasteiger partial charge in [-0.05, 0) is 38.6 Å². The fourth-order valence-electron chi connectivity index (χ4n) is 3.46. The van der Waals surface area contributed by atoms with Crippen LogP contribution in [-0.4, -0.2) is 12.0 Å². The summed E-state index contributed by atoms with van der Waals surface area (Å²) in [6.45, 7) is 0. The summed E-state index contributed by atoms with van der Waals surface area (Å²) in [7, 11) is 2.10. The fourth-order valence-corrected chi connectivity index (χ4v) is 4.73. The SMILES string of the molecule is CNC(CC1CCCCC1)c1nc2c(s1)CCC2. The number of rotatable bonds is 4. The minimum Gasteiger partial charge on any atom is -0.311 e. The molecule has 1 fully saturated rings. The molecule has 1 N–H and O–H groups in total. The van der Waals surface area contributed by atoms with Crippen LogP contribution in [0.1, 0.15) is 66.6 Å². The van der Waals surface area contributed by atoms with Crippen LogP contribution in [0.15, 0.2) is 0 Å². The molecule has 3 rings (SSSR count). The Kier molecular flexibility index (Phi) is 4.00. The van der Waals surface area contributed by atoms with Gasteiger partial charge in [0.25, 0.3) is 0 Å². The van der Waals surface area contributed by atoms with Gasteiger partial charge in [0.15, 0.2) is 0 Å². The normalized spacial score (nSPS) is 22.1. The van der Waals surface area contributed by atoms with Gasteiger partial charge in [-0.25, -0.2) is 4.98 Å². The topological polar surface area (TPSA) is 24.9 Å². The van der Waals surface area contributed by atoms with Gasteiger partial charge < -0.3 is 5.32 Å². The second-order valence-electron chi connectivity index (χ2n) is 5.86. The highest BCUT2D eigenvalue weighted by molar-refractivity contribution is 7.11. The molecule has 1 aromatic heterocycles. The number of nitrogens with zero attached hydrogens (tertiary/aromatic N) is 1. The van der Waals surface area contributed by atoms with E-state index in [0.717, 1.165) is 5.92 Å². The van der Waals surface area contributed by atoms with Gasteiger partial charge in [0.2, 0.25) is 0 Å². The highest BCUT2D eigenvalue weighted by Gasteiger charge is 2.24. The molecular formula is C15H24N2S. The fraction of sp³-hybridized carbons (Fsp3) is 0.800. The molecule has 3 heteroatoms. The molecule has 1 saturated carbocycles. The summed E-state index contributed by atoms with van der Waals surface area (Å²) in [5.74, 6) is 0.926. The number of aryl methyl sites for hydroxylation is 2. The molecular weight excluding hydrogens is 240 g/mol. The number of nitrogens with one attached hydrogen (secondary N) is 1. The Bertz CT molecular complexity index is 372. The molecule has 0 amide bonds. The van der Waals surface area contributed by atoms with Gasteiger partial charge >= 0.3 is 0 Å². The standard InChI is InChI=1S/C15H24N2S/c1-16-13(10-11-6-3-2-4-7-11)15-17-12-8-5-9-14(12)18-15/h11,13,16H,2-10H2,1H3. The summed E-state index contributed by atoms with van der Waals surface area (Å²) in [5, 5.41) is 4.86. The van der Waals surface area contributed by atoms with Crippen molar-refractivity contribution in [3.63, 3.8) is 0 Å². The molecule has 0 saturated heterocycles. The van der Waals surface area contributed by atoms with E-state index in [0.29, 0.717) is 6.04 Å². The quantitative estimate of drug-likeness (QED) is 0.893. The lowest BCUT2D eigenvalue weighted by molar-refractivity contribution is 0.305. The van der Waals surface area contributed by atoms with Crippen LogP contribution < -0.4 is 5.32 Å². The van der Waals surface area contributed by atoms with Crippen molar-refractivity contribution in [3.05, 3.63) is 15.6 Å². The number of fused-ring (bicyclic) bond motifs is 1. The molecule has 2 nitrogen and oxygen atoms in total. The zero-order valence-electron chi connectivity index (χ0n) is 11.4. The molecule has 1 aromatic rings. The predicted octanol–water partition coefficient (Wildman–Crippen LogP) is 3.86. The lowest BCUT2D eigenvalue weighted by atomic mass is 9.85. The van der Waals surface area contributed by atoms with E-state index in [1.165, 1.54) is 68.5 Å². The first-order chi connectivity index (χ1) is 8.86. The van der Waals surface area contributed by atoms with Gasteiger partial charge in [-0.2, -0.15) is 0 Å². The van der Waals surface area contributed by atoms with Crippen LogP contribution in [0.4, 0.5) is 0 Å². The first kappa shape index (κ1) is 12.6. The lowest BCUT2D eigenvalue weighted by Gasteiger charge is -2.25. The third-order valence-electron chi connectivity index (χ3n) is 4.55. The maximum absolute atomic E-state index is 4.88. The molecule has 1 atom stereocenters. The summed E-state index contributed by atoms with van der Waals surface area (Å²) in [6.07, 6.45) is 12.3. The van der Waals surface area contributed by atoms with Crippen LogP contribution >= 0.6 is 11.3 Å². The maximum atomic E-state index is 4.88. The number of hydrogen-bond acceptors (Lipinski definition) is 3. The van der Waals surface area contributed by atoms with Crippen LogP contribution in [0.5, 0.6) is 0 Å². The maximum Gasteiger partial charge on any atom is 0.110 e. The Balaban J connectivity index is 1.67. The summed E-state index contributed by atoms with van der Waals surface area (Å²) < 4.78 is 0. The summed E-state index contributed by atoms with van der Waals surface area (Å²) in [5.41, 5.74) is 1.40. The Labute approximate surface area is 114 Å². The minimum atomic E-state index is 0.503. The van der Waals surface area contributed by atoms with Crippen molar-refractivity contribution in [1.82, 2.24) is 10.3 Å².